The Morgan fingerprint density at radius 1 is 1.18 bits per heavy atom. The van der Waals surface area contributed by atoms with E-state index in [1.807, 2.05) is 6.92 Å². The second kappa shape index (κ2) is 12.4. The van der Waals surface area contributed by atoms with Crippen molar-refractivity contribution in [3.05, 3.63) is 59.7 Å². The minimum atomic E-state index is -3.70. The number of hydrogen-bond donors (Lipinski definition) is 4. The van der Waals surface area contributed by atoms with Crippen molar-refractivity contribution in [1.82, 2.24) is 9.21 Å². The summed E-state index contributed by atoms with van der Waals surface area (Å²) in [5.74, 6) is -2.09. The minimum absolute atomic E-state index is 0.0137. The van der Waals surface area contributed by atoms with Crippen LogP contribution in [0.2, 0.25) is 0 Å². The van der Waals surface area contributed by atoms with E-state index >= 15 is 0 Å². The number of sulfonamides is 1. The lowest BCUT2D eigenvalue weighted by atomic mass is 10.1. The van der Waals surface area contributed by atoms with E-state index in [0.29, 0.717) is 35.3 Å². The van der Waals surface area contributed by atoms with E-state index in [2.05, 4.69) is 4.72 Å². The van der Waals surface area contributed by atoms with Gasteiger partial charge >= 0.3 is 18.0 Å². The third-order valence-electron chi connectivity index (χ3n) is 6.64. The number of amidine groups is 1. The summed E-state index contributed by atoms with van der Waals surface area (Å²) in [6.45, 7) is 1.88. The number of esters is 1. The molecule has 0 spiro atoms. The van der Waals surface area contributed by atoms with Crippen molar-refractivity contribution in [1.29, 1.82) is 5.41 Å². The lowest BCUT2D eigenvalue weighted by Gasteiger charge is -2.29. The molecule has 210 valence electrons. The number of anilines is 1. The number of hydrogen-bond acceptors (Lipinski definition) is 7. The molecule has 0 bridgehead atoms. The smallest absolute Gasteiger partial charge is 0.429 e. The van der Waals surface area contributed by atoms with E-state index in [4.69, 9.17) is 15.9 Å². The van der Waals surface area contributed by atoms with Gasteiger partial charge in [0.05, 0.1) is 19.4 Å². The van der Waals surface area contributed by atoms with Crippen LogP contribution in [0.1, 0.15) is 30.9 Å². The van der Waals surface area contributed by atoms with Gasteiger partial charge in [-0.1, -0.05) is 25.5 Å². The summed E-state index contributed by atoms with van der Waals surface area (Å²) in [5, 5.41) is 17.2. The van der Waals surface area contributed by atoms with Crippen LogP contribution in [-0.4, -0.2) is 75.9 Å². The molecule has 3 rings (SSSR count). The molecule has 39 heavy (non-hydrogen) atoms. The van der Waals surface area contributed by atoms with Crippen molar-refractivity contribution in [2.75, 3.05) is 37.4 Å². The molecule has 1 aliphatic rings. The predicted octanol–water partition coefficient (Wildman–Crippen LogP) is 1.81. The fourth-order valence-electron chi connectivity index (χ4n) is 4.54. The first kappa shape index (κ1) is 29.7. The number of nitrogens with one attached hydrogen (secondary N) is 2. The fourth-order valence-corrected chi connectivity index (χ4v) is 5.94. The van der Waals surface area contributed by atoms with Crippen LogP contribution in [0.3, 0.4) is 0 Å². The van der Waals surface area contributed by atoms with Crippen molar-refractivity contribution >= 4 is 45.2 Å². The van der Waals surface area contributed by atoms with E-state index in [-0.39, 0.29) is 31.1 Å². The zero-order valence-electron chi connectivity index (χ0n) is 21.9. The number of unbranched alkanes of at least 4 members (excludes halogenated alkanes) is 1. The average molecular weight is 561 g/mol. The highest BCUT2D eigenvalue weighted by molar-refractivity contribution is 7.89. The number of nitrogens with zero attached hydrogens (tertiary/aromatic N) is 2. The van der Waals surface area contributed by atoms with Crippen molar-refractivity contribution in [2.45, 2.75) is 32.2 Å². The number of ether oxygens (including phenoxy) is 1. The molecule has 1 saturated heterocycles. The summed E-state index contributed by atoms with van der Waals surface area (Å²) < 4.78 is 31.5. The highest BCUT2D eigenvalue weighted by Gasteiger charge is 2.50. The molecule has 0 aromatic heterocycles. The average Bonchev–Trinajstić information content (AvgIpc) is 3.22. The first-order valence-electron chi connectivity index (χ1n) is 12.4. The maximum atomic E-state index is 13.6. The first-order chi connectivity index (χ1) is 18.4. The summed E-state index contributed by atoms with van der Waals surface area (Å²) in [6, 6.07) is 11.5. The van der Waals surface area contributed by atoms with Crippen molar-refractivity contribution in [3.8, 4) is 0 Å². The monoisotopic (exact) mass is 560 g/mol. The van der Waals surface area contributed by atoms with Crippen LogP contribution in [0.25, 0.3) is 0 Å². The summed E-state index contributed by atoms with van der Waals surface area (Å²) in [7, 11) is -2.52. The van der Waals surface area contributed by atoms with Gasteiger partial charge in [-0.2, -0.15) is 4.48 Å². The number of carboxylic acid groups (broad SMARTS) is 1. The number of amides is 2. The molecule has 0 radical (unpaired) electrons. The molecule has 2 unspecified atom stereocenters. The van der Waals surface area contributed by atoms with Gasteiger partial charge in [0, 0.05) is 11.3 Å². The SMILES string of the molecule is CCCCS(=O)(=O)NC(Cc1ccc([N+]2(CC(=O)O)CCN(c3ccc(C(=N)N)cc3)C2=O)cc1)C(=O)OC. The van der Waals surface area contributed by atoms with E-state index in [0.717, 1.165) is 0 Å². The normalized spacial score (nSPS) is 18.1. The Hall–Kier alpha value is -3.81. The first-order valence-corrected chi connectivity index (χ1v) is 14.1. The second-order valence-corrected chi connectivity index (χ2v) is 11.2. The number of urea groups is 1. The third-order valence-corrected chi connectivity index (χ3v) is 8.11. The van der Waals surface area contributed by atoms with Gasteiger partial charge in [-0.25, -0.2) is 22.7 Å². The number of carbonyl (C=O) groups is 3. The zero-order chi connectivity index (χ0) is 28.8. The molecule has 5 N–H and O–H groups in total. The Bertz CT molecular complexity index is 1330. The van der Waals surface area contributed by atoms with Crippen LogP contribution in [0.15, 0.2) is 48.5 Å². The highest BCUT2D eigenvalue weighted by atomic mass is 32.2. The topological polar surface area (TPSA) is 180 Å². The maximum Gasteiger partial charge on any atom is 0.429 e. The van der Waals surface area contributed by atoms with E-state index in [1.54, 1.807) is 48.5 Å². The van der Waals surface area contributed by atoms with Crippen LogP contribution >= 0.6 is 0 Å². The summed E-state index contributed by atoms with van der Waals surface area (Å²) in [4.78, 5) is 39.3. The zero-order valence-corrected chi connectivity index (χ0v) is 22.7. The molecule has 0 saturated carbocycles. The number of carboxylic acids is 1. The van der Waals surface area contributed by atoms with Gasteiger partial charge in [0.15, 0.2) is 6.54 Å². The number of nitrogen functional groups attached to an aromatic ring is 1. The third kappa shape index (κ3) is 6.99. The highest BCUT2D eigenvalue weighted by Crippen LogP contribution is 2.33. The molecule has 13 heteroatoms. The number of methoxy groups -OCH3 is 1. The van der Waals surface area contributed by atoms with Gasteiger partial charge in [-0.3, -0.25) is 15.1 Å². The number of rotatable bonds is 13. The molecule has 1 heterocycles. The quantitative estimate of drug-likeness (QED) is 0.124. The fraction of sp³-hybridized carbons (Fsp3) is 0.385. The van der Waals surface area contributed by atoms with Gasteiger partial charge < -0.3 is 15.6 Å². The number of benzene rings is 2. The van der Waals surface area contributed by atoms with Crippen molar-refractivity contribution in [2.24, 2.45) is 5.73 Å². The van der Waals surface area contributed by atoms with E-state index in [1.165, 1.54) is 12.0 Å². The lowest BCUT2D eigenvalue weighted by molar-refractivity contribution is -0.142. The largest absolute Gasteiger partial charge is 0.477 e. The van der Waals surface area contributed by atoms with Gasteiger partial charge in [0.1, 0.15) is 24.1 Å². The Kier molecular flexibility index (Phi) is 9.43. The molecule has 1 aliphatic heterocycles. The lowest BCUT2D eigenvalue weighted by Crippen LogP contribution is -2.55. The van der Waals surface area contributed by atoms with Gasteiger partial charge in [-0.15, -0.1) is 0 Å². The molecule has 0 aliphatic carbocycles. The minimum Gasteiger partial charge on any atom is -0.477 e. The Morgan fingerprint density at radius 2 is 1.82 bits per heavy atom. The summed E-state index contributed by atoms with van der Waals surface area (Å²) >= 11 is 0. The number of quaternary nitrogens is 1. The van der Waals surface area contributed by atoms with Gasteiger partial charge in [-0.05, 0) is 54.8 Å². The molecule has 1 fully saturated rings. The Balaban J connectivity index is 1.86. The molecule has 12 nitrogen and oxygen atoms in total. The van der Waals surface area contributed by atoms with Crippen molar-refractivity contribution < 1.29 is 32.6 Å². The van der Waals surface area contributed by atoms with Crippen LogP contribution in [0.4, 0.5) is 16.2 Å². The predicted molar refractivity (Wildman–Crippen MR) is 147 cm³/mol. The molecular formula is C26H34N5O7S+. The van der Waals surface area contributed by atoms with E-state index in [9.17, 15) is 27.9 Å². The van der Waals surface area contributed by atoms with E-state index < -0.39 is 45.1 Å². The Morgan fingerprint density at radius 3 is 2.36 bits per heavy atom. The molecule has 2 amide bonds. The molecular weight excluding hydrogens is 526 g/mol. The standard InChI is InChI=1S/C26H33N5O7S/c1-3-4-15-39(36,37)29-22(25(34)38-2)16-18-5-11-21(12-6-18)31(17-23(32)33)14-13-30(26(31)35)20-9-7-19(8-10-20)24(27)28/h5-12,22,29H,3-4,13-17H2,1-2H3,(H3-,27,28,32,33)/p+1. The second-order valence-electron chi connectivity index (χ2n) is 9.37. The number of carbonyl (C=O) groups excluding carboxylic acids is 2. The molecule has 2 aromatic rings. The summed E-state index contributed by atoms with van der Waals surface area (Å²) in [5.41, 5.74) is 7.63. The number of nitrogens with two attached hydrogens (primary N) is 1. The van der Waals surface area contributed by atoms with Gasteiger partial charge in [0.2, 0.25) is 10.0 Å². The maximum absolute atomic E-state index is 13.6. The molecule has 2 aromatic carbocycles. The van der Waals surface area contributed by atoms with Crippen molar-refractivity contribution in [3.63, 3.8) is 0 Å². The Labute approximate surface area is 227 Å². The van der Waals surface area contributed by atoms with Crippen LogP contribution in [-0.2, 0) is 30.8 Å². The molecule has 2 atom stereocenters. The van der Waals surface area contributed by atoms with Crippen LogP contribution in [0.5, 0.6) is 0 Å². The van der Waals surface area contributed by atoms with Gasteiger partial charge in [0.25, 0.3) is 0 Å². The van der Waals surface area contributed by atoms with Crippen LogP contribution < -0.4 is 19.8 Å². The summed E-state index contributed by atoms with van der Waals surface area (Å²) in [6.07, 6.45) is 1.15. The van der Waals surface area contributed by atoms with Crippen LogP contribution in [0, 0.1) is 5.41 Å². The number of aliphatic carboxylic acids is 1.